The molecule has 9 heteroatoms. The van der Waals surface area contributed by atoms with Crippen LogP contribution in [0, 0.1) is 6.92 Å². The van der Waals surface area contributed by atoms with Crippen LogP contribution in [-0.2, 0) is 4.74 Å². The lowest BCUT2D eigenvalue weighted by molar-refractivity contribution is -0.172. The zero-order valence-electron chi connectivity index (χ0n) is 9.92. The van der Waals surface area contributed by atoms with E-state index in [2.05, 4.69) is 20.0 Å². The van der Waals surface area contributed by atoms with Gasteiger partial charge in [0.1, 0.15) is 23.4 Å². The molecule has 0 atom stereocenters. The maximum atomic E-state index is 11.8. The molecule has 0 saturated carbocycles. The molecule has 0 spiro atoms. The number of nitrogens with one attached hydrogen (secondary N) is 1. The smallest absolute Gasteiger partial charge is 0.370 e. The van der Waals surface area contributed by atoms with Crippen molar-refractivity contribution in [3.63, 3.8) is 0 Å². The molecule has 5 nitrogen and oxygen atoms in total. The van der Waals surface area contributed by atoms with E-state index in [9.17, 15) is 18.0 Å². The van der Waals surface area contributed by atoms with E-state index in [-0.39, 0.29) is 29.7 Å². The fourth-order valence-corrected chi connectivity index (χ4v) is 1.47. The van der Waals surface area contributed by atoms with Gasteiger partial charge in [-0.1, -0.05) is 11.6 Å². The van der Waals surface area contributed by atoms with Crippen molar-refractivity contribution in [2.45, 2.75) is 13.1 Å². The molecule has 0 amide bonds. The number of rotatable bonds is 6. The van der Waals surface area contributed by atoms with Crippen LogP contribution >= 0.6 is 11.6 Å². The van der Waals surface area contributed by atoms with Gasteiger partial charge in [0.05, 0.1) is 12.2 Å². The summed E-state index contributed by atoms with van der Waals surface area (Å²) in [6.45, 7) is 0.132. The number of halogens is 4. The van der Waals surface area contributed by atoms with E-state index >= 15 is 0 Å². The highest BCUT2D eigenvalue weighted by Gasteiger charge is 2.27. The van der Waals surface area contributed by atoms with E-state index in [0.29, 0.717) is 12.1 Å². The monoisotopic (exact) mass is 297 g/mol. The van der Waals surface area contributed by atoms with Gasteiger partial charge in [-0.25, -0.2) is 9.97 Å². The van der Waals surface area contributed by atoms with Crippen LogP contribution in [0.3, 0.4) is 0 Å². The Kier molecular flexibility index (Phi) is 5.49. The number of carbonyl (C=O) groups excluding carboxylic acids is 1. The molecule has 106 valence electrons. The van der Waals surface area contributed by atoms with Crippen LogP contribution in [0.2, 0.25) is 5.15 Å². The van der Waals surface area contributed by atoms with Gasteiger partial charge in [-0.05, 0) is 6.92 Å². The van der Waals surface area contributed by atoms with E-state index in [4.69, 9.17) is 11.6 Å². The van der Waals surface area contributed by atoms with Crippen molar-refractivity contribution in [2.75, 3.05) is 25.1 Å². The first-order valence-electron chi connectivity index (χ1n) is 5.21. The summed E-state index contributed by atoms with van der Waals surface area (Å²) in [5, 5.41) is 2.66. The quantitative estimate of drug-likeness (QED) is 0.495. The first-order valence-corrected chi connectivity index (χ1v) is 5.59. The van der Waals surface area contributed by atoms with Gasteiger partial charge in [-0.3, -0.25) is 4.79 Å². The Balaban J connectivity index is 2.51. The van der Waals surface area contributed by atoms with Crippen molar-refractivity contribution < 1.29 is 22.7 Å². The van der Waals surface area contributed by atoms with Gasteiger partial charge in [-0.15, -0.1) is 0 Å². The number of hydrogen-bond acceptors (Lipinski definition) is 5. The largest absolute Gasteiger partial charge is 0.411 e. The van der Waals surface area contributed by atoms with Crippen LogP contribution in [0.25, 0.3) is 0 Å². The molecular formula is C10H11ClF3N3O2. The molecule has 0 aliphatic rings. The number of aromatic nitrogens is 2. The maximum Gasteiger partial charge on any atom is 0.411 e. The number of carbonyl (C=O) groups is 1. The average Bonchev–Trinajstić information content (AvgIpc) is 2.26. The summed E-state index contributed by atoms with van der Waals surface area (Å²) in [4.78, 5) is 18.5. The van der Waals surface area contributed by atoms with Crippen LogP contribution in [0.5, 0.6) is 0 Å². The molecule has 1 aromatic rings. The zero-order valence-corrected chi connectivity index (χ0v) is 10.7. The molecule has 0 radical (unpaired) electrons. The number of alkyl halides is 3. The highest BCUT2D eigenvalue weighted by atomic mass is 35.5. The van der Waals surface area contributed by atoms with Crippen molar-refractivity contribution in [3.8, 4) is 0 Å². The fraction of sp³-hybridized carbons (Fsp3) is 0.500. The minimum Gasteiger partial charge on any atom is -0.370 e. The Morgan fingerprint density at radius 2 is 2.11 bits per heavy atom. The van der Waals surface area contributed by atoms with Crippen molar-refractivity contribution in [3.05, 3.63) is 16.5 Å². The Hall–Kier alpha value is -1.41. The average molecular weight is 298 g/mol. The fourth-order valence-electron chi connectivity index (χ4n) is 1.22. The zero-order chi connectivity index (χ0) is 14.5. The highest BCUT2D eigenvalue weighted by Crippen LogP contribution is 2.18. The Morgan fingerprint density at radius 1 is 1.42 bits per heavy atom. The standard InChI is InChI=1S/C10H11ClF3N3O2/c1-6-16-8(11)7(4-18)9(17-6)15-2-3-19-5-10(12,13)14/h4H,2-3,5H2,1H3,(H,15,16,17). The highest BCUT2D eigenvalue weighted by molar-refractivity contribution is 6.32. The third-order valence-corrected chi connectivity index (χ3v) is 2.22. The lowest BCUT2D eigenvalue weighted by Gasteiger charge is -2.10. The van der Waals surface area contributed by atoms with E-state index < -0.39 is 12.8 Å². The van der Waals surface area contributed by atoms with Crippen LogP contribution in [0.15, 0.2) is 0 Å². The van der Waals surface area contributed by atoms with E-state index in [1.165, 1.54) is 0 Å². The lowest BCUT2D eigenvalue weighted by Crippen LogP contribution is -2.20. The first-order chi connectivity index (χ1) is 8.83. The summed E-state index contributed by atoms with van der Waals surface area (Å²) >= 11 is 5.73. The number of aryl methyl sites for hydroxylation is 1. The molecule has 0 saturated heterocycles. The molecule has 0 bridgehead atoms. The van der Waals surface area contributed by atoms with Gasteiger partial charge in [0.2, 0.25) is 0 Å². The summed E-state index contributed by atoms with van der Waals surface area (Å²) in [7, 11) is 0. The van der Waals surface area contributed by atoms with Crippen LogP contribution in [0.4, 0.5) is 19.0 Å². The predicted octanol–water partition coefficient (Wildman–Crippen LogP) is 2.24. The number of anilines is 1. The van der Waals surface area contributed by atoms with Gasteiger partial charge >= 0.3 is 6.18 Å². The Bertz CT molecular complexity index is 454. The first kappa shape index (κ1) is 15.6. The summed E-state index contributed by atoms with van der Waals surface area (Å²) in [5.41, 5.74) is 0.0584. The number of nitrogens with zero attached hydrogens (tertiary/aromatic N) is 2. The molecule has 0 aliphatic carbocycles. The van der Waals surface area contributed by atoms with Crippen molar-refractivity contribution >= 4 is 23.7 Å². The van der Waals surface area contributed by atoms with Crippen molar-refractivity contribution in [1.29, 1.82) is 0 Å². The summed E-state index contributed by atoms with van der Waals surface area (Å²) in [6, 6.07) is 0. The Labute approximate surface area is 112 Å². The van der Waals surface area contributed by atoms with Gasteiger partial charge in [0, 0.05) is 6.54 Å². The minimum absolute atomic E-state index is 0.0128. The molecular weight excluding hydrogens is 287 g/mol. The third-order valence-electron chi connectivity index (χ3n) is 1.93. The lowest BCUT2D eigenvalue weighted by atomic mass is 10.3. The maximum absolute atomic E-state index is 11.8. The normalized spacial score (nSPS) is 11.4. The topological polar surface area (TPSA) is 64.1 Å². The second kappa shape index (κ2) is 6.67. The van der Waals surface area contributed by atoms with Gasteiger partial charge in [-0.2, -0.15) is 13.2 Å². The summed E-state index contributed by atoms with van der Waals surface area (Å²) in [6.07, 6.45) is -3.89. The van der Waals surface area contributed by atoms with Gasteiger partial charge in [0.15, 0.2) is 6.29 Å². The molecule has 1 rings (SSSR count). The predicted molar refractivity (Wildman–Crippen MR) is 62.5 cm³/mol. The SMILES string of the molecule is Cc1nc(Cl)c(C=O)c(NCCOCC(F)(F)F)n1. The second-order valence-corrected chi connectivity index (χ2v) is 3.89. The van der Waals surface area contributed by atoms with E-state index in [1.54, 1.807) is 6.92 Å². The van der Waals surface area contributed by atoms with Crippen molar-refractivity contribution in [2.24, 2.45) is 0 Å². The molecule has 0 fully saturated rings. The molecule has 1 aromatic heterocycles. The Morgan fingerprint density at radius 3 is 2.68 bits per heavy atom. The molecule has 1 N–H and O–H groups in total. The molecule has 0 aromatic carbocycles. The molecule has 0 aliphatic heterocycles. The number of aldehydes is 1. The molecule has 0 unspecified atom stereocenters. The third kappa shape index (κ3) is 5.39. The van der Waals surface area contributed by atoms with Crippen molar-refractivity contribution in [1.82, 2.24) is 9.97 Å². The van der Waals surface area contributed by atoms with Gasteiger partial charge in [0.25, 0.3) is 0 Å². The summed E-state index contributed by atoms with van der Waals surface area (Å²) in [5.74, 6) is 0.511. The minimum atomic E-state index is -4.36. The molecule has 1 heterocycles. The number of ether oxygens (including phenoxy) is 1. The molecule has 19 heavy (non-hydrogen) atoms. The second-order valence-electron chi connectivity index (χ2n) is 3.54. The van der Waals surface area contributed by atoms with E-state index in [1.807, 2.05) is 0 Å². The van der Waals surface area contributed by atoms with Crippen LogP contribution in [-0.4, -0.2) is 42.2 Å². The van der Waals surface area contributed by atoms with Crippen LogP contribution in [0.1, 0.15) is 16.2 Å². The van der Waals surface area contributed by atoms with Gasteiger partial charge < -0.3 is 10.1 Å². The van der Waals surface area contributed by atoms with E-state index in [0.717, 1.165) is 0 Å². The van der Waals surface area contributed by atoms with Crippen LogP contribution < -0.4 is 5.32 Å². The number of hydrogen-bond donors (Lipinski definition) is 1. The summed E-state index contributed by atoms with van der Waals surface area (Å²) < 4.78 is 39.8.